The zero-order chi connectivity index (χ0) is 10.3. The molecule has 0 amide bonds. The number of unbranched alkanes of at least 4 members (excludes halogenated alkanes) is 1. The number of nitrogens with one attached hydrogen (secondary N) is 1. The van der Waals surface area contributed by atoms with Gasteiger partial charge in [-0.05, 0) is 26.8 Å². The average Bonchev–Trinajstić information content (AvgIpc) is 2.11. The number of hydrogen-bond donors (Lipinski definition) is 1. The molecule has 0 aromatic carbocycles. The van der Waals surface area contributed by atoms with Gasteiger partial charge < -0.3 is 5.32 Å². The summed E-state index contributed by atoms with van der Waals surface area (Å²) < 4.78 is 22.8. The second-order valence-corrected chi connectivity index (χ2v) is 5.79. The number of hydrogen-bond acceptors (Lipinski definition) is 3. The molecular formula is C9H21NO2S. The molecule has 0 radical (unpaired) electrons. The third-order valence-electron chi connectivity index (χ3n) is 2.16. The van der Waals surface area contributed by atoms with Crippen LogP contribution in [0.1, 0.15) is 33.1 Å². The molecule has 0 aromatic rings. The Morgan fingerprint density at radius 2 is 1.92 bits per heavy atom. The fourth-order valence-electron chi connectivity index (χ4n) is 0.967. The van der Waals surface area contributed by atoms with Crippen LogP contribution in [0, 0.1) is 0 Å². The normalized spacial score (nSPS) is 14.4. The van der Waals surface area contributed by atoms with Crippen LogP contribution in [0.4, 0.5) is 0 Å². The summed E-state index contributed by atoms with van der Waals surface area (Å²) in [4.78, 5) is 0. The van der Waals surface area contributed by atoms with Crippen LogP contribution in [0.2, 0.25) is 0 Å². The Hall–Kier alpha value is -0.0900. The molecule has 1 atom stereocenters. The van der Waals surface area contributed by atoms with E-state index in [-0.39, 0.29) is 6.04 Å². The Morgan fingerprint density at radius 3 is 2.38 bits per heavy atom. The van der Waals surface area contributed by atoms with E-state index in [0.29, 0.717) is 17.9 Å². The van der Waals surface area contributed by atoms with Gasteiger partial charge in [-0.25, -0.2) is 8.42 Å². The lowest BCUT2D eigenvalue weighted by atomic mass is 10.3. The summed E-state index contributed by atoms with van der Waals surface area (Å²) in [5.41, 5.74) is 0. The monoisotopic (exact) mass is 207 g/mol. The molecule has 0 saturated heterocycles. The van der Waals surface area contributed by atoms with Gasteiger partial charge in [0.2, 0.25) is 0 Å². The molecule has 0 fully saturated rings. The van der Waals surface area contributed by atoms with Crippen LogP contribution in [0.15, 0.2) is 0 Å². The largest absolute Gasteiger partial charge is 0.317 e. The zero-order valence-corrected chi connectivity index (χ0v) is 9.65. The Balaban J connectivity index is 3.76. The lowest BCUT2D eigenvalue weighted by Gasteiger charge is -2.09. The average molecular weight is 207 g/mol. The van der Waals surface area contributed by atoms with E-state index in [1.165, 1.54) is 0 Å². The van der Waals surface area contributed by atoms with E-state index >= 15 is 0 Å². The van der Waals surface area contributed by atoms with Gasteiger partial charge in [-0.2, -0.15) is 0 Å². The predicted molar refractivity (Wildman–Crippen MR) is 56.7 cm³/mol. The summed E-state index contributed by atoms with van der Waals surface area (Å²) in [5.74, 6) is 0.662. The summed E-state index contributed by atoms with van der Waals surface area (Å²) in [6, 6.07) is 0.288. The SMILES string of the molecule is CCCCS(=O)(=O)CCC(C)NC. The highest BCUT2D eigenvalue weighted by Crippen LogP contribution is 2.01. The minimum atomic E-state index is -2.79. The maximum absolute atomic E-state index is 11.4. The topological polar surface area (TPSA) is 46.2 Å². The van der Waals surface area contributed by atoms with E-state index in [1.54, 1.807) is 0 Å². The molecule has 0 aliphatic heterocycles. The van der Waals surface area contributed by atoms with Crippen LogP contribution < -0.4 is 5.32 Å². The van der Waals surface area contributed by atoms with Crippen molar-refractivity contribution in [1.29, 1.82) is 0 Å². The smallest absolute Gasteiger partial charge is 0.150 e. The van der Waals surface area contributed by atoms with Gasteiger partial charge in [0.25, 0.3) is 0 Å². The van der Waals surface area contributed by atoms with Crippen LogP contribution in [0.25, 0.3) is 0 Å². The summed E-state index contributed by atoms with van der Waals surface area (Å²) in [7, 11) is -0.938. The van der Waals surface area contributed by atoms with Gasteiger partial charge in [-0.15, -0.1) is 0 Å². The molecule has 0 aliphatic carbocycles. The molecule has 1 unspecified atom stereocenters. The van der Waals surface area contributed by atoms with Crippen molar-refractivity contribution < 1.29 is 8.42 Å². The van der Waals surface area contributed by atoms with E-state index in [2.05, 4.69) is 5.32 Å². The molecule has 0 saturated carbocycles. The lowest BCUT2D eigenvalue weighted by molar-refractivity contribution is 0.563. The first kappa shape index (κ1) is 12.9. The van der Waals surface area contributed by atoms with E-state index in [0.717, 1.165) is 12.8 Å². The Labute approximate surface area is 81.8 Å². The van der Waals surface area contributed by atoms with Crippen LogP contribution in [0.5, 0.6) is 0 Å². The van der Waals surface area contributed by atoms with Crippen LogP contribution in [-0.4, -0.2) is 33.0 Å². The molecule has 3 nitrogen and oxygen atoms in total. The minimum Gasteiger partial charge on any atom is -0.317 e. The third-order valence-corrected chi connectivity index (χ3v) is 3.93. The van der Waals surface area contributed by atoms with E-state index < -0.39 is 9.84 Å². The maximum Gasteiger partial charge on any atom is 0.150 e. The Bertz CT molecular complexity index is 212. The highest BCUT2D eigenvalue weighted by atomic mass is 32.2. The highest BCUT2D eigenvalue weighted by molar-refractivity contribution is 7.91. The quantitative estimate of drug-likeness (QED) is 0.682. The van der Waals surface area contributed by atoms with Gasteiger partial charge in [-0.3, -0.25) is 0 Å². The van der Waals surface area contributed by atoms with Gasteiger partial charge >= 0.3 is 0 Å². The molecule has 1 N–H and O–H groups in total. The van der Waals surface area contributed by atoms with Crippen LogP contribution in [0.3, 0.4) is 0 Å². The summed E-state index contributed by atoms with van der Waals surface area (Å²) >= 11 is 0. The highest BCUT2D eigenvalue weighted by Gasteiger charge is 2.11. The van der Waals surface area contributed by atoms with E-state index in [9.17, 15) is 8.42 Å². The fourth-order valence-corrected chi connectivity index (χ4v) is 2.61. The minimum absolute atomic E-state index is 0.288. The summed E-state index contributed by atoms with van der Waals surface area (Å²) in [6.07, 6.45) is 2.44. The molecule has 0 bridgehead atoms. The van der Waals surface area contributed by atoms with E-state index in [1.807, 2.05) is 20.9 Å². The molecule has 0 spiro atoms. The summed E-state index contributed by atoms with van der Waals surface area (Å²) in [6.45, 7) is 4.00. The standard InChI is InChI=1S/C9H21NO2S/c1-4-5-7-13(11,12)8-6-9(2)10-3/h9-10H,4-8H2,1-3H3. The lowest BCUT2D eigenvalue weighted by Crippen LogP contribution is -2.25. The van der Waals surface area contributed by atoms with Crippen LogP contribution >= 0.6 is 0 Å². The third kappa shape index (κ3) is 7.02. The molecule has 4 heteroatoms. The van der Waals surface area contributed by atoms with Gasteiger partial charge in [0.15, 0.2) is 0 Å². The Morgan fingerprint density at radius 1 is 1.31 bits per heavy atom. The van der Waals surface area contributed by atoms with Crippen molar-refractivity contribution in [3.63, 3.8) is 0 Å². The first-order valence-corrected chi connectivity index (χ1v) is 6.71. The summed E-state index contributed by atoms with van der Waals surface area (Å²) in [5, 5.41) is 3.03. The van der Waals surface area contributed by atoms with Crippen molar-refractivity contribution in [1.82, 2.24) is 5.32 Å². The molecule has 0 heterocycles. The molecular weight excluding hydrogens is 186 g/mol. The number of sulfone groups is 1. The van der Waals surface area contributed by atoms with Crippen molar-refractivity contribution in [2.75, 3.05) is 18.6 Å². The van der Waals surface area contributed by atoms with Crippen molar-refractivity contribution in [2.45, 2.75) is 39.2 Å². The molecule has 13 heavy (non-hydrogen) atoms. The van der Waals surface area contributed by atoms with Crippen molar-refractivity contribution in [2.24, 2.45) is 0 Å². The first-order valence-electron chi connectivity index (χ1n) is 4.89. The zero-order valence-electron chi connectivity index (χ0n) is 8.84. The second-order valence-electron chi connectivity index (χ2n) is 3.48. The van der Waals surface area contributed by atoms with Gasteiger partial charge in [0.1, 0.15) is 9.84 Å². The number of rotatable bonds is 7. The van der Waals surface area contributed by atoms with E-state index in [4.69, 9.17) is 0 Å². The van der Waals surface area contributed by atoms with Crippen LogP contribution in [-0.2, 0) is 9.84 Å². The van der Waals surface area contributed by atoms with Crippen molar-refractivity contribution in [3.05, 3.63) is 0 Å². The maximum atomic E-state index is 11.4. The second kappa shape index (κ2) is 6.38. The van der Waals surface area contributed by atoms with Crippen molar-refractivity contribution >= 4 is 9.84 Å². The molecule has 0 aromatic heterocycles. The molecule has 0 aliphatic rings. The molecule has 80 valence electrons. The first-order chi connectivity index (χ1) is 6.02. The van der Waals surface area contributed by atoms with Crippen molar-refractivity contribution in [3.8, 4) is 0 Å². The fraction of sp³-hybridized carbons (Fsp3) is 1.00. The molecule has 0 rings (SSSR count). The van der Waals surface area contributed by atoms with Gasteiger partial charge in [0, 0.05) is 6.04 Å². The van der Waals surface area contributed by atoms with Gasteiger partial charge in [0.05, 0.1) is 11.5 Å². The predicted octanol–water partition coefficient (Wildman–Crippen LogP) is 1.20. The van der Waals surface area contributed by atoms with Gasteiger partial charge in [-0.1, -0.05) is 13.3 Å². The Kier molecular flexibility index (Phi) is 6.33.